The summed E-state index contributed by atoms with van der Waals surface area (Å²) in [5, 5.41) is 0. The van der Waals surface area contributed by atoms with Gasteiger partial charge in [-0.05, 0) is 13.0 Å². The summed E-state index contributed by atoms with van der Waals surface area (Å²) in [5.74, 6) is 0. The minimum absolute atomic E-state index is 0. The second kappa shape index (κ2) is 5.50. The van der Waals surface area contributed by atoms with E-state index in [9.17, 15) is 12.9 Å². The standard InChI is InChI=1S/C7H8BF3N.K/c1-6-2-3-7(5-12-6)4-8(9,10)11;/h2-3,5H,4H2,1H3;/q-1;+1. The molecular weight excluding hydrogens is 205 g/mol. The molecule has 0 saturated heterocycles. The van der Waals surface area contributed by atoms with Crippen molar-refractivity contribution in [2.75, 3.05) is 0 Å². The Morgan fingerprint density at radius 3 is 2.31 bits per heavy atom. The molecule has 0 N–H and O–H groups in total. The molecule has 1 nitrogen and oxygen atoms in total. The molecule has 6 heteroatoms. The molecule has 0 atom stereocenters. The molecule has 0 unspecified atom stereocenters. The number of aromatic nitrogens is 1. The number of aryl methyl sites for hydroxylation is 1. The van der Waals surface area contributed by atoms with E-state index in [1.807, 2.05) is 0 Å². The number of nitrogens with zero attached hydrogens (tertiary/aromatic N) is 1. The summed E-state index contributed by atoms with van der Waals surface area (Å²) in [6.07, 6.45) is 0.428. The SMILES string of the molecule is Cc1ccc(C[B-](F)(F)F)cn1.[K+]. The van der Waals surface area contributed by atoms with Gasteiger partial charge in [-0.15, -0.1) is 0 Å². The maximum atomic E-state index is 11.9. The fourth-order valence-electron chi connectivity index (χ4n) is 0.886. The first-order valence-corrected chi connectivity index (χ1v) is 3.60. The quantitative estimate of drug-likeness (QED) is 0.593. The Morgan fingerprint density at radius 2 is 1.92 bits per heavy atom. The largest absolute Gasteiger partial charge is 1.00 e. The van der Waals surface area contributed by atoms with E-state index in [-0.39, 0.29) is 56.9 Å². The first-order valence-electron chi connectivity index (χ1n) is 3.60. The van der Waals surface area contributed by atoms with Crippen LogP contribution in [0.15, 0.2) is 18.3 Å². The molecule has 0 radical (unpaired) electrons. The summed E-state index contributed by atoms with van der Waals surface area (Å²) in [5.41, 5.74) is 0.960. The summed E-state index contributed by atoms with van der Waals surface area (Å²) >= 11 is 0. The van der Waals surface area contributed by atoms with Crippen molar-refractivity contribution in [3.8, 4) is 0 Å². The second-order valence-corrected chi connectivity index (χ2v) is 2.72. The molecule has 0 aliphatic rings. The molecule has 1 rings (SSSR count). The van der Waals surface area contributed by atoms with Gasteiger partial charge in [0.25, 0.3) is 0 Å². The topological polar surface area (TPSA) is 12.9 Å². The van der Waals surface area contributed by atoms with E-state index in [0.29, 0.717) is 0 Å². The molecule has 0 saturated carbocycles. The van der Waals surface area contributed by atoms with Crippen LogP contribution in [0, 0.1) is 6.92 Å². The van der Waals surface area contributed by atoms with Crippen LogP contribution in [0.4, 0.5) is 12.9 Å². The van der Waals surface area contributed by atoms with Gasteiger partial charge in [-0.1, -0.05) is 17.9 Å². The molecule has 0 amide bonds. The van der Waals surface area contributed by atoms with E-state index in [1.54, 1.807) is 13.0 Å². The van der Waals surface area contributed by atoms with Crippen LogP contribution in [0.5, 0.6) is 0 Å². The van der Waals surface area contributed by atoms with Crippen LogP contribution < -0.4 is 51.4 Å². The van der Waals surface area contributed by atoms with Gasteiger partial charge in [-0.25, -0.2) is 0 Å². The van der Waals surface area contributed by atoms with E-state index in [4.69, 9.17) is 0 Å². The predicted molar refractivity (Wildman–Crippen MR) is 41.8 cm³/mol. The maximum Gasteiger partial charge on any atom is 1.00 e. The molecular formula is C7H8BF3KN. The fourth-order valence-corrected chi connectivity index (χ4v) is 0.886. The summed E-state index contributed by atoms with van der Waals surface area (Å²) < 4.78 is 35.6. The Bertz CT molecular complexity index is 259. The van der Waals surface area contributed by atoms with Gasteiger partial charge in [-0.3, -0.25) is 4.98 Å². The van der Waals surface area contributed by atoms with E-state index in [2.05, 4.69) is 4.98 Å². The summed E-state index contributed by atoms with van der Waals surface area (Å²) in [7, 11) is 0. The van der Waals surface area contributed by atoms with Gasteiger partial charge >= 0.3 is 58.4 Å². The Balaban J connectivity index is 0.00000144. The predicted octanol–water partition coefficient (Wildman–Crippen LogP) is -0.677. The molecule has 66 valence electrons. The van der Waals surface area contributed by atoms with Crippen molar-refractivity contribution in [1.29, 1.82) is 0 Å². The van der Waals surface area contributed by atoms with E-state index < -0.39 is 13.3 Å². The molecule has 1 aromatic rings. The number of rotatable bonds is 2. The van der Waals surface area contributed by atoms with Crippen LogP contribution in [0.25, 0.3) is 0 Å². The van der Waals surface area contributed by atoms with E-state index in [1.165, 1.54) is 12.3 Å². The van der Waals surface area contributed by atoms with Gasteiger partial charge in [0.05, 0.1) is 0 Å². The van der Waals surface area contributed by atoms with Gasteiger partial charge in [-0.2, -0.15) is 0 Å². The van der Waals surface area contributed by atoms with E-state index >= 15 is 0 Å². The van der Waals surface area contributed by atoms with Crippen LogP contribution in [-0.2, 0) is 6.32 Å². The average molecular weight is 213 g/mol. The smallest absolute Gasteiger partial charge is 0.449 e. The zero-order valence-electron chi connectivity index (χ0n) is 7.60. The van der Waals surface area contributed by atoms with E-state index in [0.717, 1.165) is 5.69 Å². The number of hydrogen-bond acceptors (Lipinski definition) is 1. The van der Waals surface area contributed by atoms with Crippen LogP contribution in [0.2, 0.25) is 0 Å². The zero-order chi connectivity index (χ0) is 9.19. The Labute approximate surface area is 118 Å². The van der Waals surface area contributed by atoms with Crippen molar-refractivity contribution < 1.29 is 64.3 Å². The molecule has 0 spiro atoms. The van der Waals surface area contributed by atoms with Crippen LogP contribution in [0.1, 0.15) is 11.3 Å². The Hall–Kier alpha value is 0.641. The summed E-state index contributed by atoms with van der Waals surface area (Å²) in [6.45, 7) is -2.99. The number of hydrogen-bond donors (Lipinski definition) is 0. The van der Waals surface area contributed by atoms with Crippen LogP contribution >= 0.6 is 0 Å². The molecule has 0 bridgehead atoms. The number of halogens is 3. The van der Waals surface area contributed by atoms with Crippen molar-refractivity contribution >= 4 is 6.98 Å². The zero-order valence-corrected chi connectivity index (χ0v) is 10.7. The third kappa shape index (κ3) is 5.85. The van der Waals surface area contributed by atoms with Crippen molar-refractivity contribution in [3.63, 3.8) is 0 Å². The van der Waals surface area contributed by atoms with Gasteiger partial charge in [0.1, 0.15) is 0 Å². The molecule has 1 aromatic heterocycles. The molecule has 13 heavy (non-hydrogen) atoms. The third-order valence-electron chi connectivity index (χ3n) is 1.44. The minimum atomic E-state index is -4.73. The maximum absolute atomic E-state index is 11.9. The summed E-state index contributed by atoms with van der Waals surface area (Å²) in [6, 6.07) is 3.04. The van der Waals surface area contributed by atoms with Gasteiger partial charge in [0.15, 0.2) is 0 Å². The average Bonchev–Trinajstić information content (AvgIpc) is 1.91. The van der Waals surface area contributed by atoms with Crippen molar-refractivity contribution in [3.05, 3.63) is 29.6 Å². The molecule has 0 aliphatic carbocycles. The van der Waals surface area contributed by atoms with Crippen LogP contribution in [-0.4, -0.2) is 12.0 Å². The first kappa shape index (κ1) is 13.6. The Kier molecular flexibility index (Phi) is 5.78. The first-order chi connectivity index (χ1) is 5.47. The summed E-state index contributed by atoms with van der Waals surface area (Å²) in [4.78, 5) is 3.77. The van der Waals surface area contributed by atoms with Crippen LogP contribution in [0.3, 0.4) is 0 Å². The normalized spacial score (nSPS) is 10.8. The monoisotopic (exact) mass is 213 g/mol. The van der Waals surface area contributed by atoms with Crippen molar-refractivity contribution in [2.45, 2.75) is 13.2 Å². The molecule has 0 fully saturated rings. The molecule has 1 heterocycles. The van der Waals surface area contributed by atoms with Gasteiger partial charge in [0.2, 0.25) is 0 Å². The fraction of sp³-hybridized carbons (Fsp3) is 0.286. The minimum Gasteiger partial charge on any atom is -0.449 e. The Morgan fingerprint density at radius 1 is 1.31 bits per heavy atom. The second-order valence-electron chi connectivity index (χ2n) is 2.72. The van der Waals surface area contributed by atoms with Gasteiger partial charge in [0, 0.05) is 11.9 Å². The number of pyridine rings is 1. The van der Waals surface area contributed by atoms with Gasteiger partial charge < -0.3 is 12.9 Å². The molecule has 0 aliphatic heterocycles. The van der Waals surface area contributed by atoms with Crippen molar-refractivity contribution in [1.82, 2.24) is 4.98 Å². The van der Waals surface area contributed by atoms with Crippen molar-refractivity contribution in [2.24, 2.45) is 0 Å². The molecule has 0 aromatic carbocycles. The third-order valence-corrected chi connectivity index (χ3v) is 1.44.